The average molecular weight is 307 g/mol. The molecule has 0 radical (unpaired) electrons. The Morgan fingerprint density at radius 2 is 2.22 bits per heavy atom. The summed E-state index contributed by atoms with van der Waals surface area (Å²) >= 11 is 0. The number of nitrogens with zero attached hydrogens (tertiary/aromatic N) is 4. The second-order valence-corrected chi connectivity index (χ2v) is 6.53. The molecule has 0 unspecified atom stereocenters. The Morgan fingerprint density at radius 3 is 3.09 bits per heavy atom. The molecule has 0 spiro atoms. The highest BCUT2D eigenvalue weighted by molar-refractivity contribution is 5.79. The monoisotopic (exact) mass is 307 g/mol. The Kier molecular flexibility index (Phi) is 3.58. The number of hydrogen-bond donors (Lipinski definition) is 1. The van der Waals surface area contributed by atoms with Crippen molar-refractivity contribution in [2.45, 2.75) is 39.3 Å². The third-order valence-electron chi connectivity index (χ3n) is 4.49. The van der Waals surface area contributed by atoms with Gasteiger partial charge in [-0.05, 0) is 29.7 Å². The van der Waals surface area contributed by atoms with Gasteiger partial charge in [0, 0.05) is 49.5 Å². The van der Waals surface area contributed by atoms with Crippen molar-refractivity contribution in [1.29, 1.82) is 0 Å². The van der Waals surface area contributed by atoms with Gasteiger partial charge in [0.15, 0.2) is 0 Å². The summed E-state index contributed by atoms with van der Waals surface area (Å²) in [6, 6.07) is 4.12. The predicted octanol–water partition coefficient (Wildman–Crippen LogP) is 3.03. The van der Waals surface area contributed by atoms with Crippen molar-refractivity contribution in [3.63, 3.8) is 0 Å². The van der Waals surface area contributed by atoms with Gasteiger partial charge >= 0.3 is 0 Å². The van der Waals surface area contributed by atoms with Crippen LogP contribution in [0, 0.1) is 0 Å². The zero-order chi connectivity index (χ0) is 15.8. The molecular weight excluding hydrogens is 286 g/mol. The van der Waals surface area contributed by atoms with Crippen molar-refractivity contribution in [1.82, 2.24) is 24.8 Å². The molecule has 118 valence electrons. The van der Waals surface area contributed by atoms with E-state index in [1.54, 1.807) is 0 Å². The van der Waals surface area contributed by atoms with E-state index in [0.29, 0.717) is 5.92 Å². The number of pyridine rings is 1. The highest BCUT2D eigenvalue weighted by Gasteiger charge is 2.20. The van der Waals surface area contributed by atoms with Gasteiger partial charge in [-0.25, -0.2) is 15.0 Å². The van der Waals surface area contributed by atoms with Crippen LogP contribution in [0.15, 0.2) is 30.7 Å². The minimum atomic E-state index is 0.371. The Balaban J connectivity index is 1.57. The van der Waals surface area contributed by atoms with Crippen molar-refractivity contribution in [3.8, 4) is 0 Å². The fourth-order valence-corrected chi connectivity index (χ4v) is 3.17. The van der Waals surface area contributed by atoms with Gasteiger partial charge in [-0.2, -0.15) is 0 Å². The van der Waals surface area contributed by atoms with E-state index in [1.165, 1.54) is 22.2 Å². The molecule has 1 N–H and O–H groups in total. The summed E-state index contributed by atoms with van der Waals surface area (Å²) in [6.07, 6.45) is 6.94. The first kappa shape index (κ1) is 14.3. The molecule has 1 aliphatic rings. The highest BCUT2D eigenvalue weighted by Crippen LogP contribution is 2.23. The topological polar surface area (TPSA) is 57.7 Å². The Hall–Kier alpha value is -2.27. The minimum absolute atomic E-state index is 0.371. The maximum Gasteiger partial charge on any atom is 0.137 e. The van der Waals surface area contributed by atoms with Crippen LogP contribution in [0.1, 0.15) is 42.4 Å². The number of H-pyrrole nitrogens is 1. The van der Waals surface area contributed by atoms with Crippen LogP contribution in [-0.4, -0.2) is 31.4 Å². The van der Waals surface area contributed by atoms with Crippen molar-refractivity contribution in [3.05, 3.63) is 53.4 Å². The molecule has 0 fully saturated rings. The molecule has 5 heteroatoms. The fourth-order valence-electron chi connectivity index (χ4n) is 3.17. The van der Waals surface area contributed by atoms with Gasteiger partial charge in [-0.3, -0.25) is 4.90 Å². The normalized spacial score (nSPS) is 15.3. The molecule has 4 heterocycles. The molecule has 0 aromatic carbocycles. The number of fused-ring (bicyclic) bond motifs is 2. The molecule has 0 aliphatic carbocycles. The molecule has 0 amide bonds. The number of aromatic nitrogens is 4. The molecule has 0 saturated heterocycles. The molecule has 3 aromatic rings. The standard InChI is InChI=1S/C18H21N5/c1-12(2)17-20-8-13-5-7-23(11-16(13)22-17)10-14-9-21-18-15(14)4-3-6-19-18/h3-4,6,8-9,12H,5,7,10-11H2,1-2H3,(H,19,21). The van der Waals surface area contributed by atoms with Crippen LogP contribution in [0.3, 0.4) is 0 Å². The maximum absolute atomic E-state index is 4.78. The average Bonchev–Trinajstić information content (AvgIpc) is 2.97. The number of rotatable bonds is 3. The Labute approximate surface area is 135 Å². The molecule has 5 nitrogen and oxygen atoms in total. The smallest absolute Gasteiger partial charge is 0.137 e. The molecule has 0 atom stereocenters. The Morgan fingerprint density at radius 1 is 1.30 bits per heavy atom. The lowest BCUT2D eigenvalue weighted by molar-refractivity contribution is 0.241. The van der Waals surface area contributed by atoms with Crippen LogP contribution in [0.2, 0.25) is 0 Å². The number of nitrogens with one attached hydrogen (secondary N) is 1. The van der Waals surface area contributed by atoms with Gasteiger partial charge in [0.1, 0.15) is 11.5 Å². The van der Waals surface area contributed by atoms with Crippen LogP contribution in [0.5, 0.6) is 0 Å². The molecule has 0 bridgehead atoms. The fraction of sp³-hybridized carbons (Fsp3) is 0.389. The first-order chi connectivity index (χ1) is 11.2. The summed E-state index contributed by atoms with van der Waals surface area (Å²) in [5, 5.41) is 1.21. The van der Waals surface area contributed by atoms with Gasteiger partial charge in [0.05, 0.1) is 5.69 Å². The maximum atomic E-state index is 4.78. The Bertz CT molecular complexity index is 836. The summed E-state index contributed by atoms with van der Waals surface area (Å²) in [5.41, 5.74) is 4.75. The highest BCUT2D eigenvalue weighted by atomic mass is 15.1. The van der Waals surface area contributed by atoms with E-state index in [2.05, 4.69) is 46.0 Å². The summed E-state index contributed by atoms with van der Waals surface area (Å²) in [5.74, 6) is 1.32. The molecule has 4 rings (SSSR count). The third kappa shape index (κ3) is 2.72. The van der Waals surface area contributed by atoms with E-state index in [-0.39, 0.29) is 0 Å². The second-order valence-electron chi connectivity index (χ2n) is 6.53. The lowest BCUT2D eigenvalue weighted by Crippen LogP contribution is -2.31. The van der Waals surface area contributed by atoms with E-state index in [1.807, 2.05) is 18.5 Å². The zero-order valence-corrected chi connectivity index (χ0v) is 13.6. The van der Waals surface area contributed by atoms with E-state index in [0.717, 1.165) is 37.5 Å². The molecule has 23 heavy (non-hydrogen) atoms. The summed E-state index contributed by atoms with van der Waals surface area (Å²) in [6.45, 7) is 7.14. The molecule has 3 aromatic heterocycles. The molecule has 0 saturated carbocycles. The summed E-state index contributed by atoms with van der Waals surface area (Å²) in [4.78, 5) is 19.4. The SMILES string of the molecule is CC(C)c1ncc2c(n1)CN(Cc1c[nH]c3ncccc13)CC2. The van der Waals surface area contributed by atoms with Gasteiger partial charge in [0.25, 0.3) is 0 Å². The van der Waals surface area contributed by atoms with Gasteiger partial charge in [-0.15, -0.1) is 0 Å². The van der Waals surface area contributed by atoms with Crippen molar-refractivity contribution in [2.75, 3.05) is 6.54 Å². The van der Waals surface area contributed by atoms with E-state index < -0.39 is 0 Å². The third-order valence-corrected chi connectivity index (χ3v) is 4.49. The zero-order valence-electron chi connectivity index (χ0n) is 13.6. The van der Waals surface area contributed by atoms with Crippen LogP contribution < -0.4 is 0 Å². The number of hydrogen-bond acceptors (Lipinski definition) is 4. The van der Waals surface area contributed by atoms with Crippen molar-refractivity contribution >= 4 is 11.0 Å². The lowest BCUT2D eigenvalue weighted by atomic mass is 10.1. The first-order valence-electron chi connectivity index (χ1n) is 8.18. The quantitative estimate of drug-likeness (QED) is 0.808. The van der Waals surface area contributed by atoms with Crippen molar-refractivity contribution in [2.24, 2.45) is 0 Å². The summed E-state index contributed by atoms with van der Waals surface area (Å²) in [7, 11) is 0. The van der Waals surface area contributed by atoms with Gasteiger partial charge < -0.3 is 4.98 Å². The van der Waals surface area contributed by atoms with Crippen LogP contribution in [0.25, 0.3) is 11.0 Å². The van der Waals surface area contributed by atoms with E-state index >= 15 is 0 Å². The van der Waals surface area contributed by atoms with Crippen LogP contribution >= 0.6 is 0 Å². The van der Waals surface area contributed by atoms with Crippen molar-refractivity contribution < 1.29 is 0 Å². The van der Waals surface area contributed by atoms with Crippen LogP contribution in [0.4, 0.5) is 0 Å². The largest absolute Gasteiger partial charge is 0.346 e. The predicted molar refractivity (Wildman–Crippen MR) is 90.0 cm³/mol. The lowest BCUT2D eigenvalue weighted by Gasteiger charge is -2.28. The van der Waals surface area contributed by atoms with Gasteiger partial charge in [0.2, 0.25) is 0 Å². The van der Waals surface area contributed by atoms with E-state index in [9.17, 15) is 0 Å². The van der Waals surface area contributed by atoms with E-state index in [4.69, 9.17) is 4.98 Å². The molecular formula is C18H21N5. The van der Waals surface area contributed by atoms with Gasteiger partial charge in [-0.1, -0.05) is 13.8 Å². The second kappa shape index (κ2) is 5.74. The van der Waals surface area contributed by atoms with Crippen LogP contribution in [-0.2, 0) is 19.5 Å². The molecule has 1 aliphatic heterocycles. The summed E-state index contributed by atoms with van der Waals surface area (Å²) < 4.78 is 0. The number of aromatic amines is 1. The minimum Gasteiger partial charge on any atom is -0.346 e. The first-order valence-corrected chi connectivity index (χ1v) is 8.18.